The lowest BCUT2D eigenvalue weighted by Crippen LogP contribution is -2.46. The summed E-state index contributed by atoms with van der Waals surface area (Å²) in [6, 6.07) is 18.0. The minimum atomic E-state index is -0.788. The molecule has 3 N–H and O–H groups in total. The van der Waals surface area contributed by atoms with Crippen LogP contribution in [0.5, 0.6) is 0 Å². The number of pyridine rings is 1. The number of aromatic nitrogens is 1. The number of carbonyl (C=O) groups excluding carboxylic acids is 2. The number of amides is 2. The Morgan fingerprint density at radius 3 is 2.48 bits per heavy atom. The van der Waals surface area contributed by atoms with E-state index in [1.807, 2.05) is 61.5 Å². The Morgan fingerprint density at radius 2 is 1.76 bits per heavy atom. The van der Waals surface area contributed by atoms with E-state index < -0.39 is 17.9 Å². The normalized spacial score (nSPS) is 11.9. The van der Waals surface area contributed by atoms with Gasteiger partial charge in [-0.1, -0.05) is 54.1 Å². The zero-order valence-corrected chi connectivity index (χ0v) is 13.9. The molecule has 5 heteroatoms. The molecule has 0 spiro atoms. The first-order valence-electron chi connectivity index (χ1n) is 8.04. The summed E-state index contributed by atoms with van der Waals surface area (Å²) in [5, 5.41) is 3.63. The number of nitrogens with one attached hydrogen (secondary N) is 1. The summed E-state index contributed by atoms with van der Waals surface area (Å²) in [4.78, 5) is 28.5. The smallest absolute Gasteiger partial charge is 0.270 e. The van der Waals surface area contributed by atoms with Gasteiger partial charge < -0.3 is 11.1 Å². The van der Waals surface area contributed by atoms with E-state index >= 15 is 0 Å². The maximum Gasteiger partial charge on any atom is 0.270 e. The number of hydrogen-bond acceptors (Lipinski definition) is 3. The van der Waals surface area contributed by atoms with E-state index in [0.717, 1.165) is 22.0 Å². The molecule has 0 aliphatic heterocycles. The summed E-state index contributed by atoms with van der Waals surface area (Å²) in [6.45, 7) is 1.99. The molecule has 0 aliphatic carbocycles. The summed E-state index contributed by atoms with van der Waals surface area (Å²) in [6.07, 6.45) is 0.342. The van der Waals surface area contributed by atoms with Gasteiger partial charge in [-0.25, -0.2) is 4.98 Å². The standard InChI is InChI=1S/C20H19N3O2/c1-13-6-8-14(9-7-13)12-18(19(21)24)23-20(25)17-11-10-15-4-2-3-5-16(15)22-17/h2-11,18H,12H2,1H3,(H2,21,24)(H,23,25)/t18-/m0/s1. The van der Waals surface area contributed by atoms with Crippen LogP contribution in [0.3, 0.4) is 0 Å². The summed E-state index contributed by atoms with van der Waals surface area (Å²) in [5.41, 5.74) is 8.50. The SMILES string of the molecule is Cc1ccc(C[C@H](NC(=O)c2ccc3ccccc3n2)C(N)=O)cc1. The largest absolute Gasteiger partial charge is 0.368 e. The molecule has 2 aromatic carbocycles. The molecule has 3 rings (SSSR count). The highest BCUT2D eigenvalue weighted by Crippen LogP contribution is 2.12. The molecule has 0 fully saturated rings. The van der Waals surface area contributed by atoms with Crippen molar-refractivity contribution in [1.29, 1.82) is 0 Å². The van der Waals surface area contributed by atoms with Crippen LogP contribution in [0, 0.1) is 6.92 Å². The summed E-state index contributed by atoms with van der Waals surface area (Å²) in [5.74, 6) is -0.989. The van der Waals surface area contributed by atoms with Crippen molar-refractivity contribution in [3.05, 3.63) is 77.5 Å². The minimum Gasteiger partial charge on any atom is -0.368 e. The predicted molar refractivity (Wildman–Crippen MR) is 97.1 cm³/mol. The van der Waals surface area contributed by atoms with Gasteiger partial charge >= 0.3 is 0 Å². The van der Waals surface area contributed by atoms with Crippen LogP contribution in [0.4, 0.5) is 0 Å². The Hall–Kier alpha value is -3.21. The molecular weight excluding hydrogens is 314 g/mol. The number of carbonyl (C=O) groups is 2. The molecule has 5 nitrogen and oxygen atoms in total. The van der Waals surface area contributed by atoms with Crippen molar-refractivity contribution in [2.75, 3.05) is 0 Å². The number of aryl methyl sites for hydroxylation is 1. The van der Waals surface area contributed by atoms with Crippen LogP contribution in [-0.4, -0.2) is 22.8 Å². The zero-order chi connectivity index (χ0) is 17.8. The summed E-state index contributed by atoms with van der Waals surface area (Å²) in [7, 11) is 0. The third kappa shape index (κ3) is 4.01. The number of nitrogens with two attached hydrogens (primary N) is 1. The van der Waals surface area contributed by atoms with Crippen molar-refractivity contribution >= 4 is 22.7 Å². The monoisotopic (exact) mass is 333 g/mol. The predicted octanol–water partition coefficient (Wildman–Crippen LogP) is 2.37. The van der Waals surface area contributed by atoms with E-state index in [-0.39, 0.29) is 5.69 Å². The van der Waals surface area contributed by atoms with E-state index in [1.54, 1.807) is 6.07 Å². The van der Waals surface area contributed by atoms with Crippen LogP contribution >= 0.6 is 0 Å². The second-order valence-corrected chi connectivity index (χ2v) is 6.01. The lowest BCUT2D eigenvalue weighted by atomic mass is 10.0. The van der Waals surface area contributed by atoms with E-state index in [9.17, 15) is 9.59 Å². The average Bonchev–Trinajstić information content (AvgIpc) is 2.62. The van der Waals surface area contributed by atoms with Gasteiger partial charge in [0.2, 0.25) is 5.91 Å². The van der Waals surface area contributed by atoms with Crippen LogP contribution in [-0.2, 0) is 11.2 Å². The summed E-state index contributed by atoms with van der Waals surface area (Å²) < 4.78 is 0. The molecule has 0 bridgehead atoms. The first-order chi connectivity index (χ1) is 12.0. The third-order valence-corrected chi connectivity index (χ3v) is 4.04. The van der Waals surface area contributed by atoms with Crippen molar-refractivity contribution in [1.82, 2.24) is 10.3 Å². The number of rotatable bonds is 5. The average molecular weight is 333 g/mol. The zero-order valence-electron chi connectivity index (χ0n) is 13.9. The first kappa shape index (κ1) is 16.6. The summed E-state index contributed by atoms with van der Waals surface area (Å²) >= 11 is 0. The number of benzene rings is 2. The van der Waals surface area contributed by atoms with E-state index in [0.29, 0.717) is 6.42 Å². The Labute approximate surface area is 145 Å². The van der Waals surface area contributed by atoms with Crippen LogP contribution in [0.2, 0.25) is 0 Å². The van der Waals surface area contributed by atoms with Gasteiger partial charge in [-0.15, -0.1) is 0 Å². The number of primary amides is 1. The second-order valence-electron chi connectivity index (χ2n) is 6.01. The lowest BCUT2D eigenvalue weighted by molar-refractivity contribution is -0.119. The molecule has 25 heavy (non-hydrogen) atoms. The van der Waals surface area contributed by atoms with Crippen LogP contribution in [0.1, 0.15) is 21.6 Å². The van der Waals surface area contributed by atoms with Gasteiger partial charge in [0, 0.05) is 11.8 Å². The molecule has 1 atom stereocenters. The van der Waals surface area contributed by atoms with Crippen LogP contribution in [0.15, 0.2) is 60.7 Å². The van der Waals surface area contributed by atoms with Gasteiger partial charge in [-0.05, 0) is 24.6 Å². The fourth-order valence-corrected chi connectivity index (χ4v) is 2.61. The molecule has 0 radical (unpaired) electrons. The van der Waals surface area contributed by atoms with Gasteiger partial charge in [-0.3, -0.25) is 9.59 Å². The van der Waals surface area contributed by atoms with Crippen molar-refractivity contribution in [2.45, 2.75) is 19.4 Å². The lowest BCUT2D eigenvalue weighted by Gasteiger charge is -2.15. The van der Waals surface area contributed by atoms with Crippen molar-refractivity contribution in [2.24, 2.45) is 5.73 Å². The Morgan fingerprint density at radius 1 is 1.04 bits per heavy atom. The molecule has 0 saturated carbocycles. The maximum atomic E-state index is 12.5. The highest BCUT2D eigenvalue weighted by molar-refractivity contribution is 5.97. The van der Waals surface area contributed by atoms with Crippen LogP contribution < -0.4 is 11.1 Å². The molecule has 1 heterocycles. The Balaban J connectivity index is 1.77. The molecule has 2 amide bonds. The molecule has 3 aromatic rings. The molecule has 0 unspecified atom stereocenters. The molecular formula is C20H19N3O2. The quantitative estimate of drug-likeness (QED) is 0.752. The van der Waals surface area contributed by atoms with Crippen molar-refractivity contribution in [3.63, 3.8) is 0 Å². The number of para-hydroxylation sites is 1. The fourth-order valence-electron chi connectivity index (χ4n) is 2.61. The number of fused-ring (bicyclic) bond motifs is 1. The van der Waals surface area contributed by atoms with E-state index in [2.05, 4.69) is 10.3 Å². The maximum absolute atomic E-state index is 12.5. The van der Waals surface area contributed by atoms with Crippen molar-refractivity contribution in [3.8, 4) is 0 Å². The third-order valence-electron chi connectivity index (χ3n) is 4.04. The number of hydrogen-bond donors (Lipinski definition) is 2. The van der Waals surface area contributed by atoms with Crippen molar-refractivity contribution < 1.29 is 9.59 Å². The van der Waals surface area contributed by atoms with Crippen LogP contribution in [0.25, 0.3) is 10.9 Å². The molecule has 1 aromatic heterocycles. The topological polar surface area (TPSA) is 85.1 Å². The fraction of sp³-hybridized carbons (Fsp3) is 0.150. The van der Waals surface area contributed by atoms with Gasteiger partial charge in [0.15, 0.2) is 0 Å². The highest BCUT2D eigenvalue weighted by Gasteiger charge is 2.20. The number of nitrogens with zero attached hydrogens (tertiary/aromatic N) is 1. The van der Waals surface area contributed by atoms with Gasteiger partial charge in [0.05, 0.1) is 5.52 Å². The minimum absolute atomic E-state index is 0.258. The van der Waals surface area contributed by atoms with Gasteiger partial charge in [-0.2, -0.15) is 0 Å². The van der Waals surface area contributed by atoms with E-state index in [4.69, 9.17) is 5.73 Å². The van der Waals surface area contributed by atoms with E-state index in [1.165, 1.54) is 0 Å². The first-order valence-corrected chi connectivity index (χ1v) is 8.04. The molecule has 0 saturated heterocycles. The Bertz CT molecular complexity index is 920. The van der Waals surface area contributed by atoms with Gasteiger partial charge in [0.1, 0.15) is 11.7 Å². The highest BCUT2D eigenvalue weighted by atomic mass is 16.2. The molecule has 126 valence electrons. The Kier molecular flexibility index (Phi) is 4.75. The van der Waals surface area contributed by atoms with Gasteiger partial charge in [0.25, 0.3) is 5.91 Å². The molecule has 0 aliphatic rings. The second kappa shape index (κ2) is 7.13.